The molecule has 0 unspecified atom stereocenters. The van der Waals surface area contributed by atoms with Crippen molar-refractivity contribution in [2.45, 2.75) is 6.92 Å². The number of benzene rings is 1. The van der Waals surface area contributed by atoms with Crippen LogP contribution in [0.3, 0.4) is 0 Å². The highest BCUT2D eigenvalue weighted by molar-refractivity contribution is 6.30. The van der Waals surface area contributed by atoms with Crippen LogP contribution in [0, 0.1) is 18.3 Å². The molecule has 6 nitrogen and oxygen atoms in total. The summed E-state index contributed by atoms with van der Waals surface area (Å²) >= 11 is 5.86. The second kappa shape index (κ2) is 6.85. The molecule has 2 aromatic rings. The highest BCUT2D eigenvalue weighted by atomic mass is 35.5. The predicted molar refractivity (Wildman–Crippen MR) is 91.1 cm³/mol. The van der Waals surface area contributed by atoms with Crippen LogP contribution in [-0.4, -0.2) is 47.0 Å². The lowest BCUT2D eigenvalue weighted by molar-refractivity contribution is 0.0746. The second-order valence-corrected chi connectivity index (χ2v) is 6.03. The van der Waals surface area contributed by atoms with E-state index in [4.69, 9.17) is 16.9 Å². The van der Waals surface area contributed by atoms with Gasteiger partial charge in [0.25, 0.3) is 5.91 Å². The molecule has 122 valence electrons. The smallest absolute Gasteiger partial charge is 0.253 e. The fourth-order valence-electron chi connectivity index (χ4n) is 2.64. The van der Waals surface area contributed by atoms with Crippen LogP contribution in [0.2, 0.25) is 5.02 Å². The van der Waals surface area contributed by atoms with Gasteiger partial charge in [0, 0.05) is 42.5 Å². The van der Waals surface area contributed by atoms with Gasteiger partial charge in [-0.15, -0.1) is 0 Å². The van der Waals surface area contributed by atoms with E-state index in [1.165, 1.54) is 0 Å². The highest BCUT2D eigenvalue weighted by Crippen LogP contribution is 2.16. The van der Waals surface area contributed by atoms with E-state index in [0.717, 1.165) is 5.69 Å². The van der Waals surface area contributed by atoms with Gasteiger partial charge in [0.2, 0.25) is 5.95 Å². The van der Waals surface area contributed by atoms with Gasteiger partial charge < -0.3 is 9.80 Å². The minimum absolute atomic E-state index is 0.00538. The Kier molecular flexibility index (Phi) is 4.63. The topological polar surface area (TPSA) is 73.1 Å². The Balaban J connectivity index is 1.67. The lowest BCUT2D eigenvalue weighted by atomic mass is 10.2. The van der Waals surface area contributed by atoms with Gasteiger partial charge >= 0.3 is 0 Å². The van der Waals surface area contributed by atoms with Gasteiger partial charge in [-0.25, -0.2) is 9.97 Å². The molecule has 24 heavy (non-hydrogen) atoms. The predicted octanol–water partition coefficient (Wildman–Crippen LogP) is 2.27. The minimum atomic E-state index is -0.00538. The van der Waals surface area contributed by atoms with E-state index in [-0.39, 0.29) is 5.91 Å². The molecular formula is C17H16ClN5O. The zero-order valence-electron chi connectivity index (χ0n) is 13.2. The fourth-order valence-corrected chi connectivity index (χ4v) is 2.76. The zero-order valence-corrected chi connectivity index (χ0v) is 14.0. The van der Waals surface area contributed by atoms with E-state index in [9.17, 15) is 4.79 Å². The summed E-state index contributed by atoms with van der Waals surface area (Å²) < 4.78 is 0. The van der Waals surface area contributed by atoms with Crippen LogP contribution >= 0.6 is 11.6 Å². The number of anilines is 1. The molecule has 7 heteroatoms. The summed E-state index contributed by atoms with van der Waals surface area (Å²) in [5.41, 5.74) is 1.75. The standard InChI is InChI=1S/C17H16ClN5O/c1-12-10-15(11-19)21-17(20-12)23-8-6-22(7-9-23)16(24)13-2-4-14(18)5-3-13/h2-5,10H,6-9H2,1H3. The Morgan fingerprint density at radius 3 is 2.46 bits per heavy atom. The Morgan fingerprint density at radius 1 is 1.17 bits per heavy atom. The third kappa shape index (κ3) is 3.47. The molecule has 1 aliphatic heterocycles. The normalized spacial score (nSPS) is 14.4. The number of rotatable bonds is 2. The summed E-state index contributed by atoms with van der Waals surface area (Å²) in [5.74, 6) is 0.541. The number of amides is 1. The first-order valence-corrected chi connectivity index (χ1v) is 8.00. The number of aryl methyl sites for hydroxylation is 1. The van der Waals surface area contributed by atoms with Crippen LogP contribution in [0.5, 0.6) is 0 Å². The van der Waals surface area contributed by atoms with Crippen molar-refractivity contribution in [1.82, 2.24) is 14.9 Å². The van der Waals surface area contributed by atoms with Crippen molar-refractivity contribution >= 4 is 23.5 Å². The van der Waals surface area contributed by atoms with Gasteiger partial charge in [0.05, 0.1) is 0 Å². The van der Waals surface area contributed by atoms with Crippen LogP contribution in [0.15, 0.2) is 30.3 Å². The van der Waals surface area contributed by atoms with E-state index in [1.54, 1.807) is 35.2 Å². The monoisotopic (exact) mass is 341 g/mol. The molecule has 1 amide bonds. The fraction of sp³-hybridized carbons (Fsp3) is 0.294. The molecule has 0 radical (unpaired) electrons. The minimum Gasteiger partial charge on any atom is -0.337 e. The third-order valence-corrected chi connectivity index (χ3v) is 4.15. The van der Waals surface area contributed by atoms with Gasteiger partial charge in [-0.1, -0.05) is 11.6 Å². The number of carbonyl (C=O) groups is 1. The Labute approximate surface area is 145 Å². The average Bonchev–Trinajstić information content (AvgIpc) is 2.61. The van der Waals surface area contributed by atoms with Crippen molar-refractivity contribution in [3.8, 4) is 6.07 Å². The number of piperazine rings is 1. The Hall–Kier alpha value is -2.65. The molecule has 0 aliphatic carbocycles. The molecule has 0 N–H and O–H groups in total. The first-order valence-electron chi connectivity index (χ1n) is 7.62. The molecule has 1 saturated heterocycles. The maximum absolute atomic E-state index is 12.5. The lowest BCUT2D eigenvalue weighted by Gasteiger charge is -2.34. The molecule has 0 spiro atoms. The molecule has 1 aromatic heterocycles. The van der Waals surface area contributed by atoms with E-state index in [1.807, 2.05) is 17.9 Å². The van der Waals surface area contributed by atoms with Crippen molar-refractivity contribution in [1.29, 1.82) is 5.26 Å². The number of nitrogens with zero attached hydrogens (tertiary/aromatic N) is 5. The average molecular weight is 342 g/mol. The van der Waals surface area contributed by atoms with Gasteiger partial charge in [0.1, 0.15) is 11.8 Å². The van der Waals surface area contributed by atoms with E-state index < -0.39 is 0 Å². The molecular weight excluding hydrogens is 326 g/mol. The first kappa shape index (κ1) is 16.2. The largest absolute Gasteiger partial charge is 0.337 e. The van der Waals surface area contributed by atoms with E-state index in [2.05, 4.69) is 9.97 Å². The number of hydrogen-bond acceptors (Lipinski definition) is 5. The summed E-state index contributed by atoms with van der Waals surface area (Å²) in [7, 11) is 0. The van der Waals surface area contributed by atoms with Gasteiger partial charge in [-0.2, -0.15) is 5.26 Å². The van der Waals surface area contributed by atoms with Crippen LogP contribution in [0.1, 0.15) is 21.7 Å². The number of carbonyl (C=O) groups excluding carboxylic acids is 1. The summed E-state index contributed by atoms with van der Waals surface area (Å²) in [6.07, 6.45) is 0. The Bertz CT molecular complexity index is 792. The van der Waals surface area contributed by atoms with Gasteiger partial charge in [-0.3, -0.25) is 4.79 Å². The lowest BCUT2D eigenvalue weighted by Crippen LogP contribution is -2.49. The summed E-state index contributed by atoms with van der Waals surface area (Å²) in [6.45, 7) is 4.27. The van der Waals surface area contributed by atoms with E-state index >= 15 is 0 Å². The molecule has 0 atom stereocenters. The highest BCUT2D eigenvalue weighted by Gasteiger charge is 2.23. The van der Waals surface area contributed by atoms with Crippen molar-refractivity contribution in [3.63, 3.8) is 0 Å². The van der Waals surface area contributed by atoms with Crippen LogP contribution < -0.4 is 4.90 Å². The molecule has 1 aliphatic rings. The van der Waals surface area contributed by atoms with Crippen LogP contribution in [-0.2, 0) is 0 Å². The number of aromatic nitrogens is 2. The first-order chi connectivity index (χ1) is 11.6. The number of nitriles is 1. The molecule has 0 saturated carbocycles. The van der Waals surface area contributed by atoms with Gasteiger partial charge in [0.15, 0.2) is 0 Å². The third-order valence-electron chi connectivity index (χ3n) is 3.90. The van der Waals surface area contributed by atoms with E-state index in [0.29, 0.717) is 48.4 Å². The molecule has 2 heterocycles. The SMILES string of the molecule is Cc1cc(C#N)nc(N2CCN(C(=O)c3ccc(Cl)cc3)CC2)n1. The summed E-state index contributed by atoms with van der Waals surface area (Å²) in [5, 5.41) is 9.64. The van der Waals surface area contributed by atoms with Gasteiger partial charge in [-0.05, 0) is 37.3 Å². The second-order valence-electron chi connectivity index (χ2n) is 5.59. The van der Waals surface area contributed by atoms with Crippen LogP contribution in [0.4, 0.5) is 5.95 Å². The van der Waals surface area contributed by atoms with Crippen molar-refractivity contribution in [2.24, 2.45) is 0 Å². The number of hydrogen-bond donors (Lipinski definition) is 0. The molecule has 1 fully saturated rings. The molecule has 1 aromatic carbocycles. The van der Waals surface area contributed by atoms with Crippen LogP contribution in [0.25, 0.3) is 0 Å². The molecule has 0 bridgehead atoms. The quantitative estimate of drug-likeness (QED) is 0.837. The van der Waals surface area contributed by atoms with Crippen molar-refractivity contribution < 1.29 is 4.79 Å². The van der Waals surface area contributed by atoms with Crippen molar-refractivity contribution in [2.75, 3.05) is 31.1 Å². The maximum atomic E-state index is 12.5. The van der Waals surface area contributed by atoms with Crippen molar-refractivity contribution in [3.05, 3.63) is 52.3 Å². The summed E-state index contributed by atoms with van der Waals surface area (Å²) in [6, 6.07) is 10.6. The zero-order chi connectivity index (χ0) is 17.1. The molecule has 3 rings (SSSR count). The summed E-state index contributed by atoms with van der Waals surface area (Å²) in [4.78, 5) is 24.9. The Morgan fingerprint density at radius 2 is 1.83 bits per heavy atom. The number of halogens is 1. The maximum Gasteiger partial charge on any atom is 0.253 e.